The second-order valence-corrected chi connectivity index (χ2v) is 4.65. The van der Waals surface area contributed by atoms with Crippen LogP contribution < -0.4 is 15.6 Å². The minimum Gasteiger partial charge on any atom is -0.497 e. The van der Waals surface area contributed by atoms with Gasteiger partial charge < -0.3 is 14.6 Å². The summed E-state index contributed by atoms with van der Waals surface area (Å²) in [6.07, 6.45) is 2.82. The summed E-state index contributed by atoms with van der Waals surface area (Å²) in [7, 11) is 1.66. The lowest BCUT2D eigenvalue weighted by Gasteiger charge is -2.10. The van der Waals surface area contributed by atoms with Crippen molar-refractivity contribution in [1.29, 1.82) is 0 Å². The summed E-state index contributed by atoms with van der Waals surface area (Å²) in [5, 5.41) is 3.32. The summed E-state index contributed by atoms with van der Waals surface area (Å²) < 4.78 is 6.86. The van der Waals surface area contributed by atoms with Gasteiger partial charge in [-0.05, 0) is 30.2 Å². The Kier molecular flexibility index (Phi) is 4.82. The normalized spacial score (nSPS) is 10.3. The van der Waals surface area contributed by atoms with E-state index >= 15 is 0 Å². The first-order valence-corrected chi connectivity index (χ1v) is 6.80. The molecule has 0 aliphatic heterocycles. The number of rotatable bonds is 6. The molecule has 20 heavy (non-hydrogen) atoms. The molecule has 4 heteroatoms. The molecule has 106 valence electrons. The van der Waals surface area contributed by atoms with Crippen molar-refractivity contribution < 1.29 is 4.74 Å². The SMILES string of the molecule is CCCn1cc(NCc2ccc(OC)cc2)ccc1=O. The zero-order chi connectivity index (χ0) is 14.4. The molecule has 1 heterocycles. The van der Waals surface area contributed by atoms with Crippen LogP contribution in [0.15, 0.2) is 47.4 Å². The van der Waals surface area contributed by atoms with Crippen LogP contribution >= 0.6 is 0 Å². The van der Waals surface area contributed by atoms with Gasteiger partial charge in [-0.1, -0.05) is 19.1 Å². The van der Waals surface area contributed by atoms with Gasteiger partial charge in [0.05, 0.1) is 12.8 Å². The lowest BCUT2D eigenvalue weighted by molar-refractivity contribution is 0.414. The third-order valence-corrected chi connectivity index (χ3v) is 3.10. The van der Waals surface area contributed by atoms with Crippen LogP contribution in [0.1, 0.15) is 18.9 Å². The predicted octanol–water partition coefficient (Wildman–Crippen LogP) is 2.88. The highest BCUT2D eigenvalue weighted by molar-refractivity contribution is 5.41. The largest absolute Gasteiger partial charge is 0.497 e. The van der Waals surface area contributed by atoms with E-state index in [0.29, 0.717) is 6.54 Å². The molecule has 0 amide bonds. The summed E-state index contributed by atoms with van der Waals surface area (Å²) in [5.74, 6) is 0.852. The van der Waals surface area contributed by atoms with Gasteiger partial charge in [-0.25, -0.2) is 0 Å². The van der Waals surface area contributed by atoms with Crippen LogP contribution in [0.3, 0.4) is 0 Å². The van der Waals surface area contributed by atoms with Crippen LogP contribution in [0.25, 0.3) is 0 Å². The molecule has 1 aromatic heterocycles. The third-order valence-electron chi connectivity index (χ3n) is 3.10. The maximum atomic E-state index is 11.6. The molecule has 0 unspecified atom stereocenters. The lowest BCUT2D eigenvalue weighted by atomic mass is 10.2. The molecular weight excluding hydrogens is 252 g/mol. The number of hydrogen-bond acceptors (Lipinski definition) is 3. The fourth-order valence-corrected chi connectivity index (χ4v) is 2.00. The fraction of sp³-hybridized carbons (Fsp3) is 0.312. The van der Waals surface area contributed by atoms with Crippen molar-refractivity contribution in [2.75, 3.05) is 12.4 Å². The standard InChI is InChI=1S/C16H20N2O2/c1-3-10-18-12-14(6-9-16(18)19)17-11-13-4-7-15(20-2)8-5-13/h4-9,12,17H,3,10-11H2,1-2H3. The number of hydrogen-bond donors (Lipinski definition) is 1. The first-order chi connectivity index (χ1) is 9.72. The van der Waals surface area contributed by atoms with E-state index in [1.807, 2.05) is 36.5 Å². The van der Waals surface area contributed by atoms with E-state index in [1.54, 1.807) is 17.7 Å². The van der Waals surface area contributed by atoms with Gasteiger partial charge in [-0.3, -0.25) is 4.79 Å². The summed E-state index contributed by atoms with van der Waals surface area (Å²) in [4.78, 5) is 11.6. The molecule has 2 aromatic rings. The Hall–Kier alpha value is -2.23. The molecule has 0 fully saturated rings. The van der Waals surface area contributed by atoms with Crippen molar-refractivity contribution in [3.8, 4) is 5.75 Å². The van der Waals surface area contributed by atoms with E-state index in [-0.39, 0.29) is 5.56 Å². The zero-order valence-electron chi connectivity index (χ0n) is 11.9. The summed E-state index contributed by atoms with van der Waals surface area (Å²) in [6, 6.07) is 11.3. The Labute approximate surface area is 119 Å². The zero-order valence-corrected chi connectivity index (χ0v) is 11.9. The van der Waals surface area contributed by atoms with Crippen LogP contribution in [0, 0.1) is 0 Å². The predicted molar refractivity (Wildman–Crippen MR) is 81.3 cm³/mol. The number of methoxy groups -OCH3 is 1. The third kappa shape index (κ3) is 3.63. The lowest BCUT2D eigenvalue weighted by Crippen LogP contribution is -2.18. The van der Waals surface area contributed by atoms with Gasteiger partial charge in [0.25, 0.3) is 5.56 Å². The Morgan fingerprint density at radius 1 is 1.15 bits per heavy atom. The molecule has 0 saturated heterocycles. The number of ether oxygens (including phenoxy) is 1. The highest BCUT2D eigenvalue weighted by Gasteiger charge is 1.99. The van der Waals surface area contributed by atoms with E-state index in [1.165, 1.54) is 5.56 Å². The fourth-order valence-electron chi connectivity index (χ4n) is 2.00. The molecule has 0 radical (unpaired) electrons. The van der Waals surface area contributed by atoms with E-state index in [4.69, 9.17) is 4.74 Å². The maximum Gasteiger partial charge on any atom is 0.250 e. The van der Waals surface area contributed by atoms with Crippen molar-refractivity contribution in [1.82, 2.24) is 4.57 Å². The van der Waals surface area contributed by atoms with Gasteiger partial charge in [0.2, 0.25) is 0 Å². The number of aryl methyl sites for hydroxylation is 1. The van der Waals surface area contributed by atoms with Crippen molar-refractivity contribution in [3.63, 3.8) is 0 Å². The molecule has 4 nitrogen and oxygen atoms in total. The molecule has 0 aliphatic carbocycles. The van der Waals surface area contributed by atoms with Gasteiger partial charge in [-0.2, -0.15) is 0 Å². The number of aromatic nitrogens is 1. The smallest absolute Gasteiger partial charge is 0.250 e. The molecule has 0 bridgehead atoms. The van der Waals surface area contributed by atoms with Gasteiger partial charge in [0.1, 0.15) is 5.75 Å². The molecule has 1 N–H and O–H groups in total. The van der Waals surface area contributed by atoms with E-state index in [0.717, 1.165) is 24.4 Å². The van der Waals surface area contributed by atoms with Crippen LogP contribution in [-0.2, 0) is 13.1 Å². The minimum atomic E-state index is 0.0434. The summed E-state index contributed by atoms with van der Waals surface area (Å²) in [5.41, 5.74) is 2.16. The average Bonchev–Trinajstić information content (AvgIpc) is 2.49. The van der Waals surface area contributed by atoms with E-state index in [2.05, 4.69) is 12.2 Å². The summed E-state index contributed by atoms with van der Waals surface area (Å²) in [6.45, 7) is 3.52. The van der Waals surface area contributed by atoms with Crippen molar-refractivity contribution in [2.24, 2.45) is 0 Å². The van der Waals surface area contributed by atoms with E-state index < -0.39 is 0 Å². The highest BCUT2D eigenvalue weighted by atomic mass is 16.5. The molecule has 0 spiro atoms. The number of nitrogens with zero attached hydrogens (tertiary/aromatic N) is 1. The second kappa shape index (κ2) is 6.80. The average molecular weight is 272 g/mol. The Balaban J connectivity index is 2.02. The molecular formula is C16H20N2O2. The van der Waals surface area contributed by atoms with Crippen molar-refractivity contribution in [2.45, 2.75) is 26.4 Å². The quantitative estimate of drug-likeness (QED) is 0.879. The number of nitrogens with one attached hydrogen (secondary N) is 1. The Morgan fingerprint density at radius 2 is 1.90 bits per heavy atom. The van der Waals surface area contributed by atoms with Gasteiger partial charge in [-0.15, -0.1) is 0 Å². The molecule has 1 aromatic carbocycles. The molecule has 0 atom stereocenters. The first kappa shape index (κ1) is 14.2. The topological polar surface area (TPSA) is 43.3 Å². The van der Waals surface area contributed by atoms with Crippen LogP contribution in [0.5, 0.6) is 5.75 Å². The van der Waals surface area contributed by atoms with E-state index in [9.17, 15) is 4.79 Å². The van der Waals surface area contributed by atoms with Crippen LogP contribution in [0.4, 0.5) is 5.69 Å². The maximum absolute atomic E-state index is 11.6. The first-order valence-electron chi connectivity index (χ1n) is 6.80. The van der Waals surface area contributed by atoms with Crippen molar-refractivity contribution in [3.05, 3.63) is 58.5 Å². The monoisotopic (exact) mass is 272 g/mol. The molecule has 2 rings (SSSR count). The van der Waals surface area contributed by atoms with Gasteiger partial charge in [0, 0.05) is 25.4 Å². The summed E-state index contributed by atoms with van der Waals surface area (Å²) >= 11 is 0. The van der Waals surface area contributed by atoms with Crippen molar-refractivity contribution >= 4 is 5.69 Å². The second-order valence-electron chi connectivity index (χ2n) is 4.65. The van der Waals surface area contributed by atoms with Crippen LogP contribution in [-0.4, -0.2) is 11.7 Å². The number of anilines is 1. The minimum absolute atomic E-state index is 0.0434. The molecule has 0 aliphatic rings. The number of benzene rings is 1. The van der Waals surface area contributed by atoms with Gasteiger partial charge >= 0.3 is 0 Å². The molecule has 0 saturated carbocycles. The number of pyridine rings is 1. The Bertz CT molecular complexity index is 603. The van der Waals surface area contributed by atoms with Gasteiger partial charge in [0.15, 0.2) is 0 Å². The van der Waals surface area contributed by atoms with Crippen LogP contribution in [0.2, 0.25) is 0 Å². The highest BCUT2D eigenvalue weighted by Crippen LogP contribution is 2.13. The Morgan fingerprint density at radius 3 is 2.55 bits per heavy atom.